The molecule has 1 rings (SSSR count). The predicted molar refractivity (Wildman–Crippen MR) is 81.0 cm³/mol. The fraction of sp³-hybridized carbons (Fsp3) is 0.417. The van der Waals surface area contributed by atoms with Crippen LogP contribution in [0.1, 0.15) is 23.7 Å². The van der Waals surface area contributed by atoms with Crippen LogP contribution in [0.4, 0.5) is 11.4 Å². The molecule has 1 amide bonds. The van der Waals surface area contributed by atoms with E-state index in [1.807, 2.05) is 6.92 Å². The highest BCUT2D eigenvalue weighted by Gasteiger charge is 2.14. The lowest BCUT2D eigenvalue weighted by molar-refractivity contribution is 0.100. The van der Waals surface area contributed by atoms with Gasteiger partial charge in [0.05, 0.1) is 16.3 Å². The Bertz CT molecular complexity index is 508. The molecule has 0 aliphatic heterocycles. The van der Waals surface area contributed by atoms with Gasteiger partial charge in [-0.05, 0) is 18.6 Å². The van der Waals surface area contributed by atoms with E-state index in [0.717, 1.165) is 0 Å². The normalized spacial score (nSPS) is 13.8. The van der Waals surface area contributed by atoms with Crippen molar-refractivity contribution in [1.82, 2.24) is 0 Å². The Morgan fingerprint density at radius 2 is 2.16 bits per heavy atom. The van der Waals surface area contributed by atoms with Gasteiger partial charge in [0.25, 0.3) is 5.91 Å². The van der Waals surface area contributed by atoms with E-state index >= 15 is 0 Å². The zero-order valence-corrected chi connectivity index (χ0v) is 12.5. The second kappa shape index (κ2) is 6.77. The van der Waals surface area contributed by atoms with E-state index in [1.165, 1.54) is 6.07 Å². The summed E-state index contributed by atoms with van der Waals surface area (Å²) < 4.78 is 11.2. The first-order chi connectivity index (χ1) is 8.82. The molecule has 0 radical (unpaired) electrons. The van der Waals surface area contributed by atoms with Crippen LogP contribution in [0.3, 0.4) is 0 Å². The molecule has 19 heavy (non-hydrogen) atoms. The van der Waals surface area contributed by atoms with Crippen molar-refractivity contribution in [3.05, 3.63) is 22.7 Å². The van der Waals surface area contributed by atoms with E-state index in [0.29, 0.717) is 29.4 Å². The number of nitrogen functional groups attached to an aromatic ring is 1. The van der Waals surface area contributed by atoms with Gasteiger partial charge in [0.1, 0.15) is 0 Å². The van der Waals surface area contributed by atoms with Gasteiger partial charge in [-0.2, -0.15) is 0 Å². The summed E-state index contributed by atoms with van der Waals surface area (Å²) in [5.41, 5.74) is 12.0. The third-order valence-corrected chi connectivity index (χ3v) is 4.46. The summed E-state index contributed by atoms with van der Waals surface area (Å²) in [4.78, 5) is 11.4. The number of anilines is 2. The number of carbonyl (C=O) groups excluding carboxylic acids is 1. The predicted octanol–water partition coefficient (Wildman–Crippen LogP) is 1.59. The van der Waals surface area contributed by atoms with Crippen LogP contribution in [0, 0.1) is 0 Å². The third kappa shape index (κ3) is 4.40. The van der Waals surface area contributed by atoms with Gasteiger partial charge >= 0.3 is 0 Å². The van der Waals surface area contributed by atoms with Crippen LogP contribution in [0.25, 0.3) is 0 Å². The average molecular weight is 304 g/mol. The standard InChI is InChI=1S/C12H18ClN3O2S/c1-7(19(2)18)3-4-16-11-9(12(15)17)5-8(14)6-10(11)13/h5-7,16H,3-4,14H2,1-2H3,(H2,15,17). The Hall–Kier alpha value is -1.27. The number of hydrogen-bond acceptors (Lipinski definition) is 4. The minimum Gasteiger partial charge on any atom is -0.399 e. The zero-order valence-electron chi connectivity index (χ0n) is 10.9. The lowest BCUT2D eigenvalue weighted by Crippen LogP contribution is -2.18. The fourth-order valence-electron chi connectivity index (χ4n) is 1.57. The van der Waals surface area contributed by atoms with E-state index < -0.39 is 16.7 Å². The van der Waals surface area contributed by atoms with Crippen molar-refractivity contribution in [2.75, 3.05) is 23.9 Å². The van der Waals surface area contributed by atoms with Crippen molar-refractivity contribution in [3.63, 3.8) is 0 Å². The van der Waals surface area contributed by atoms with Gasteiger partial charge in [0, 0.05) is 34.5 Å². The van der Waals surface area contributed by atoms with E-state index in [-0.39, 0.29) is 10.8 Å². The van der Waals surface area contributed by atoms with Crippen LogP contribution in [-0.4, -0.2) is 28.2 Å². The largest absolute Gasteiger partial charge is 0.399 e. The van der Waals surface area contributed by atoms with Crippen molar-refractivity contribution in [1.29, 1.82) is 0 Å². The van der Waals surface area contributed by atoms with Gasteiger partial charge in [-0.1, -0.05) is 18.5 Å². The minimum atomic E-state index is -0.876. The molecule has 5 N–H and O–H groups in total. The number of rotatable bonds is 6. The average Bonchev–Trinajstić information content (AvgIpc) is 2.30. The first-order valence-electron chi connectivity index (χ1n) is 5.77. The number of nitrogens with two attached hydrogens (primary N) is 2. The van der Waals surface area contributed by atoms with Crippen molar-refractivity contribution in [3.8, 4) is 0 Å². The topological polar surface area (TPSA) is 98.2 Å². The van der Waals surface area contributed by atoms with Crippen LogP contribution in [0.5, 0.6) is 0 Å². The molecule has 2 unspecified atom stereocenters. The molecule has 0 aliphatic rings. The highest BCUT2D eigenvalue weighted by atomic mass is 35.5. The Morgan fingerprint density at radius 1 is 1.53 bits per heavy atom. The summed E-state index contributed by atoms with van der Waals surface area (Å²) in [6.45, 7) is 2.45. The van der Waals surface area contributed by atoms with E-state index in [4.69, 9.17) is 23.1 Å². The molecule has 0 spiro atoms. The molecule has 0 saturated carbocycles. The Balaban J connectivity index is 2.83. The smallest absolute Gasteiger partial charge is 0.250 e. The maximum absolute atomic E-state index is 11.4. The van der Waals surface area contributed by atoms with Crippen LogP contribution < -0.4 is 16.8 Å². The monoisotopic (exact) mass is 303 g/mol. The summed E-state index contributed by atoms with van der Waals surface area (Å²) in [6, 6.07) is 3.04. The summed E-state index contributed by atoms with van der Waals surface area (Å²) in [5.74, 6) is -0.594. The minimum absolute atomic E-state index is 0.0667. The van der Waals surface area contributed by atoms with Gasteiger partial charge in [-0.3, -0.25) is 9.00 Å². The lowest BCUT2D eigenvalue weighted by atomic mass is 10.1. The molecule has 0 bridgehead atoms. The van der Waals surface area contributed by atoms with E-state index in [2.05, 4.69) is 5.32 Å². The second-order valence-electron chi connectivity index (χ2n) is 4.31. The van der Waals surface area contributed by atoms with Crippen LogP contribution >= 0.6 is 11.6 Å². The number of amides is 1. The quantitative estimate of drug-likeness (QED) is 0.695. The molecule has 1 aromatic rings. The first kappa shape index (κ1) is 15.8. The van der Waals surface area contributed by atoms with Crippen molar-refractivity contribution in [2.24, 2.45) is 5.73 Å². The number of primary amides is 1. The SMILES string of the molecule is CC(CCNc1c(Cl)cc(N)cc1C(N)=O)S(C)=O. The third-order valence-electron chi connectivity index (χ3n) is 2.80. The number of hydrogen-bond donors (Lipinski definition) is 3. The van der Waals surface area contributed by atoms with E-state index in [1.54, 1.807) is 12.3 Å². The summed E-state index contributed by atoms with van der Waals surface area (Å²) >= 11 is 6.05. The molecule has 7 heteroatoms. The molecule has 0 fully saturated rings. The lowest BCUT2D eigenvalue weighted by Gasteiger charge is -2.14. The zero-order chi connectivity index (χ0) is 14.6. The second-order valence-corrected chi connectivity index (χ2v) is 6.52. The van der Waals surface area contributed by atoms with Crippen LogP contribution in [0.2, 0.25) is 5.02 Å². The van der Waals surface area contributed by atoms with Crippen molar-refractivity contribution < 1.29 is 9.00 Å². The molecular weight excluding hydrogens is 286 g/mol. The van der Waals surface area contributed by atoms with E-state index in [9.17, 15) is 9.00 Å². The highest BCUT2D eigenvalue weighted by Crippen LogP contribution is 2.29. The maximum Gasteiger partial charge on any atom is 0.250 e. The number of benzene rings is 1. The summed E-state index contributed by atoms with van der Waals surface area (Å²) in [7, 11) is -0.876. The Kier molecular flexibility index (Phi) is 5.62. The molecule has 2 atom stereocenters. The van der Waals surface area contributed by atoms with Crippen molar-refractivity contribution >= 4 is 39.7 Å². The van der Waals surface area contributed by atoms with Gasteiger partial charge in [0.15, 0.2) is 0 Å². The Morgan fingerprint density at radius 3 is 2.68 bits per heavy atom. The molecule has 106 valence electrons. The van der Waals surface area contributed by atoms with Crippen LogP contribution in [-0.2, 0) is 10.8 Å². The maximum atomic E-state index is 11.4. The number of nitrogens with one attached hydrogen (secondary N) is 1. The molecule has 0 saturated heterocycles. The van der Waals surface area contributed by atoms with Crippen LogP contribution in [0.15, 0.2) is 12.1 Å². The Labute approximate surface area is 120 Å². The molecule has 0 aromatic heterocycles. The summed E-state index contributed by atoms with van der Waals surface area (Å²) in [6.07, 6.45) is 2.36. The molecule has 0 heterocycles. The molecular formula is C12H18ClN3O2S. The first-order valence-corrected chi connectivity index (χ1v) is 7.77. The molecule has 5 nitrogen and oxygen atoms in total. The summed E-state index contributed by atoms with van der Waals surface area (Å²) in [5, 5.41) is 3.47. The molecule has 1 aromatic carbocycles. The highest BCUT2D eigenvalue weighted by molar-refractivity contribution is 7.84. The van der Waals surface area contributed by atoms with Gasteiger partial charge in [-0.15, -0.1) is 0 Å². The fourth-order valence-corrected chi connectivity index (χ4v) is 2.31. The van der Waals surface area contributed by atoms with Crippen molar-refractivity contribution in [2.45, 2.75) is 18.6 Å². The van der Waals surface area contributed by atoms with Gasteiger partial charge in [0.2, 0.25) is 0 Å². The van der Waals surface area contributed by atoms with Gasteiger partial charge < -0.3 is 16.8 Å². The van der Waals surface area contributed by atoms with Gasteiger partial charge in [-0.25, -0.2) is 0 Å². The number of halogens is 1. The molecule has 0 aliphatic carbocycles. The number of carbonyl (C=O) groups is 1.